The van der Waals surface area contributed by atoms with Gasteiger partial charge in [0.1, 0.15) is 12.4 Å². The Hall–Kier alpha value is -2.50. The van der Waals surface area contributed by atoms with Gasteiger partial charge in [-0.3, -0.25) is 10.0 Å². The summed E-state index contributed by atoms with van der Waals surface area (Å²) in [4.78, 5) is 12.5. The molecule has 0 saturated carbocycles. The van der Waals surface area contributed by atoms with Crippen molar-refractivity contribution in [2.45, 2.75) is 43.3 Å². The molecule has 37 heavy (non-hydrogen) atoms. The lowest BCUT2D eigenvalue weighted by molar-refractivity contribution is -0.134. The number of sulfonamides is 1. The van der Waals surface area contributed by atoms with Crippen LogP contribution in [0, 0.1) is 6.92 Å². The van der Waals surface area contributed by atoms with Crippen molar-refractivity contribution in [2.24, 2.45) is 0 Å². The smallest absolute Gasteiger partial charge is 0.266 e. The highest BCUT2D eigenvalue weighted by Crippen LogP contribution is 2.38. The Morgan fingerprint density at radius 1 is 1.16 bits per heavy atom. The number of likely N-dealkylation sites (N-methyl/N-ethyl adjacent to an activating group) is 1. The molecule has 1 amide bonds. The van der Waals surface area contributed by atoms with Gasteiger partial charge >= 0.3 is 0 Å². The number of rotatable bonds is 9. The zero-order valence-corrected chi connectivity index (χ0v) is 22.4. The normalized spacial score (nSPS) is 18.9. The number of hydrogen-bond acceptors (Lipinski definition) is 7. The molecular formula is C27H37N3O6S. The van der Waals surface area contributed by atoms with Crippen LogP contribution in [-0.2, 0) is 19.6 Å². The largest absolute Gasteiger partial charge is 0.492 e. The number of amides is 1. The third kappa shape index (κ3) is 5.68. The van der Waals surface area contributed by atoms with Crippen LogP contribution in [-0.4, -0.2) is 75.1 Å². The molecule has 0 bridgehead atoms. The molecule has 10 heteroatoms. The van der Waals surface area contributed by atoms with E-state index in [4.69, 9.17) is 9.47 Å². The molecule has 2 fully saturated rings. The van der Waals surface area contributed by atoms with Crippen molar-refractivity contribution in [3.8, 4) is 16.9 Å². The zero-order valence-electron chi connectivity index (χ0n) is 21.5. The van der Waals surface area contributed by atoms with Crippen molar-refractivity contribution in [3.05, 3.63) is 53.6 Å². The molecule has 2 heterocycles. The highest BCUT2D eigenvalue weighted by molar-refractivity contribution is 7.91. The highest BCUT2D eigenvalue weighted by atomic mass is 32.2. The number of nitrogens with one attached hydrogen (secondary N) is 2. The van der Waals surface area contributed by atoms with Crippen LogP contribution < -0.4 is 15.5 Å². The second-order valence-electron chi connectivity index (χ2n) is 9.78. The van der Waals surface area contributed by atoms with Gasteiger partial charge in [-0.2, -0.15) is 0 Å². The van der Waals surface area contributed by atoms with E-state index in [1.807, 2.05) is 19.2 Å². The van der Waals surface area contributed by atoms with Crippen LogP contribution in [0.4, 0.5) is 0 Å². The first-order valence-electron chi connectivity index (χ1n) is 12.8. The van der Waals surface area contributed by atoms with Gasteiger partial charge < -0.3 is 14.8 Å². The number of carbonyl (C=O) groups excluding carboxylic acids is 1. The van der Waals surface area contributed by atoms with E-state index >= 15 is 0 Å². The van der Waals surface area contributed by atoms with Gasteiger partial charge in [-0.1, -0.05) is 30.3 Å². The molecule has 3 N–H and O–H groups in total. The van der Waals surface area contributed by atoms with Crippen molar-refractivity contribution in [2.75, 3.05) is 46.5 Å². The minimum absolute atomic E-state index is 0.0318. The third-order valence-corrected chi connectivity index (χ3v) is 10.2. The lowest BCUT2D eigenvalue weighted by Gasteiger charge is -2.40. The Kier molecular flexibility index (Phi) is 8.86. The van der Waals surface area contributed by atoms with E-state index in [-0.39, 0.29) is 32.0 Å². The number of benzene rings is 2. The number of piperidine rings is 1. The molecule has 9 nitrogen and oxygen atoms in total. The molecule has 202 valence electrons. The standard InChI is InChI=1S/C27H37N3O6S/c1-20-18-22(6-7-25(20)23-4-3-5-24(19-23)36-17-12-28-2)21-8-13-30(14-9-21)37(33,34)27(26(31)29-32)10-15-35-16-11-27/h3-7,18-19,21,28,32H,8-17H2,1-2H3,(H,29,31). The Labute approximate surface area is 219 Å². The maximum absolute atomic E-state index is 13.6. The molecule has 0 spiro atoms. The van der Waals surface area contributed by atoms with E-state index in [9.17, 15) is 18.4 Å². The van der Waals surface area contributed by atoms with Crippen LogP contribution in [0.5, 0.6) is 5.75 Å². The van der Waals surface area contributed by atoms with E-state index in [1.165, 1.54) is 9.87 Å². The van der Waals surface area contributed by atoms with Crippen LogP contribution in [0.3, 0.4) is 0 Å². The summed E-state index contributed by atoms with van der Waals surface area (Å²) in [5.41, 5.74) is 6.16. The van der Waals surface area contributed by atoms with Gasteiger partial charge in [-0.25, -0.2) is 18.2 Å². The van der Waals surface area contributed by atoms with Gasteiger partial charge in [0, 0.05) is 45.7 Å². The molecule has 0 aromatic heterocycles. The van der Waals surface area contributed by atoms with Crippen molar-refractivity contribution in [1.29, 1.82) is 0 Å². The maximum atomic E-state index is 13.6. The predicted molar refractivity (Wildman–Crippen MR) is 141 cm³/mol. The van der Waals surface area contributed by atoms with Crippen LogP contribution in [0.25, 0.3) is 11.1 Å². The predicted octanol–water partition coefficient (Wildman–Crippen LogP) is 2.82. The summed E-state index contributed by atoms with van der Waals surface area (Å²) in [6, 6.07) is 14.5. The van der Waals surface area contributed by atoms with E-state index in [0.29, 0.717) is 32.5 Å². The minimum atomic E-state index is -3.96. The molecule has 2 aliphatic heterocycles. The topological polar surface area (TPSA) is 117 Å². The van der Waals surface area contributed by atoms with Gasteiger partial charge in [0.05, 0.1) is 0 Å². The Bertz CT molecular complexity index is 1190. The van der Waals surface area contributed by atoms with Crippen LogP contribution in [0.2, 0.25) is 0 Å². The quantitative estimate of drug-likeness (QED) is 0.259. The molecule has 2 aliphatic rings. The minimum Gasteiger partial charge on any atom is -0.492 e. The number of hydroxylamine groups is 1. The molecule has 0 atom stereocenters. The van der Waals surface area contributed by atoms with Crippen molar-refractivity contribution >= 4 is 15.9 Å². The number of carbonyl (C=O) groups is 1. The number of nitrogens with zero attached hydrogens (tertiary/aromatic N) is 1. The number of hydrogen-bond donors (Lipinski definition) is 3. The third-order valence-electron chi connectivity index (χ3n) is 7.59. The molecule has 2 saturated heterocycles. The summed E-state index contributed by atoms with van der Waals surface area (Å²) in [5, 5.41) is 12.3. The average Bonchev–Trinajstić information content (AvgIpc) is 2.93. The van der Waals surface area contributed by atoms with E-state index in [2.05, 4.69) is 42.6 Å². The fourth-order valence-electron chi connectivity index (χ4n) is 5.37. The van der Waals surface area contributed by atoms with Gasteiger partial charge in [-0.05, 0) is 67.1 Å². The van der Waals surface area contributed by atoms with Crippen molar-refractivity contribution < 1.29 is 27.9 Å². The first-order valence-corrected chi connectivity index (χ1v) is 14.3. The fraction of sp³-hybridized carbons (Fsp3) is 0.519. The first-order chi connectivity index (χ1) is 17.8. The van der Waals surface area contributed by atoms with Gasteiger partial charge in [0.2, 0.25) is 10.0 Å². The summed E-state index contributed by atoms with van der Waals surface area (Å²) in [6.07, 6.45) is 1.40. The summed E-state index contributed by atoms with van der Waals surface area (Å²) < 4.78 is 38.0. The SMILES string of the molecule is CNCCOc1cccc(-c2ccc(C3CCN(S(=O)(=O)C4(C(=O)NO)CCOCC4)CC3)cc2C)c1. The van der Waals surface area contributed by atoms with E-state index in [1.54, 1.807) is 5.48 Å². The Morgan fingerprint density at radius 2 is 1.89 bits per heavy atom. The van der Waals surface area contributed by atoms with Crippen LogP contribution in [0.1, 0.15) is 42.7 Å². The molecule has 2 aromatic rings. The second-order valence-corrected chi connectivity index (χ2v) is 12.0. The monoisotopic (exact) mass is 531 g/mol. The number of aryl methyl sites for hydroxylation is 1. The average molecular weight is 532 g/mol. The zero-order chi connectivity index (χ0) is 26.5. The van der Waals surface area contributed by atoms with E-state index in [0.717, 1.165) is 29.0 Å². The summed E-state index contributed by atoms with van der Waals surface area (Å²) in [7, 11) is -2.07. The summed E-state index contributed by atoms with van der Waals surface area (Å²) in [5.74, 6) is 0.190. The van der Waals surface area contributed by atoms with Gasteiger partial charge in [0.15, 0.2) is 4.75 Å². The Balaban J connectivity index is 1.45. The molecule has 4 rings (SSSR count). The first kappa shape index (κ1) is 27.5. The lowest BCUT2D eigenvalue weighted by Crippen LogP contribution is -2.60. The second kappa shape index (κ2) is 11.9. The van der Waals surface area contributed by atoms with Crippen molar-refractivity contribution in [1.82, 2.24) is 15.1 Å². The van der Waals surface area contributed by atoms with Crippen LogP contribution >= 0.6 is 0 Å². The van der Waals surface area contributed by atoms with E-state index < -0.39 is 20.7 Å². The van der Waals surface area contributed by atoms with Crippen molar-refractivity contribution in [3.63, 3.8) is 0 Å². The molecule has 0 unspecified atom stereocenters. The molecule has 0 radical (unpaired) electrons. The molecule has 0 aliphatic carbocycles. The highest BCUT2D eigenvalue weighted by Gasteiger charge is 2.54. The molecular weight excluding hydrogens is 494 g/mol. The fourth-order valence-corrected chi connectivity index (χ4v) is 7.52. The van der Waals surface area contributed by atoms with Gasteiger partial charge in [0.25, 0.3) is 5.91 Å². The van der Waals surface area contributed by atoms with Gasteiger partial charge in [-0.15, -0.1) is 0 Å². The Morgan fingerprint density at radius 3 is 2.54 bits per heavy atom. The summed E-state index contributed by atoms with van der Waals surface area (Å²) in [6.45, 7) is 4.48. The maximum Gasteiger partial charge on any atom is 0.266 e. The summed E-state index contributed by atoms with van der Waals surface area (Å²) >= 11 is 0. The lowest BCUT2D eigenvalue weighted by atomic mass is 9.87. The van der Waals surface area contributed by atoms with Crippen LogP contribution in [0.15, 0.2) is 42.5 Å². The molecule has 2 aromatic carbocycles. The number of ether oxygens (including phenoxy) is 2.